The monoisotopic (exact) mass is 178 g/mol. The predicted molar refractivity (Wildman–Crippen MR) is 50.2 cm³/mol. The normalized spacial score (nSPS) is 28.7. The van der Waals surface area contributed by atoms with Gasteiger partial charge in [-0.1, -0.05) is 6.07 Å². The largest absolute Gasteiger partial charge is 0.382 e. The third-order valence-electron chi connectivity index (χ3n) is 2.50. The van der Waals surface area contributed by atoms with Crippen LogP contribution < -0.4 is 5.32 Å². The molecule has 3 heteroatoms. The molecule has 0 amide bonds. The van der Waals surface area contributed by atoms with Gasteiger partial charge in [-0.25, -0.2) is 0 Å². The topological polar surface area (TPSA) is 45.2 Å². The van der Waals surface area contributed by atoms with Crippen LogP contribution in [0.25, 0.3) is 0 Å². The van der Waals surface area contributed by atoms with Crippen molar-refractivity contribution >= 4 is 0 Å². The van der Waals surface area contributed by atoms with E-state index in [1.807, 2.05) is 18.2 Å². The Morgan fingerprint density at radius 3 is 3.00 bits per heavy atom. The second-order valence-corrected chi connectivity index (χ2v) is 3.53. The highest BCUT2D eigenvalue weighted by molar-refractivity contribution is 5.14. The van der Waals surface area contributed by atoms with Crippen LogP contribution >= 0.6 is 0 Å². The van der Waals surface area contributed by atoms with Gasteiger partial charge >= 0.3 is 0 Å². The number of nitrogens with one attached hydrogen (secondary N) is 1. The highest BCUT2D eigenvalue weighted by Gasteiger charge is 2.31. The smallest absolute Gasteiger partial charge is 0.119 e. The Labute approximate surface area is 77.8 Å². The summed E-state index contributed by atoms with van der Waals surface area (Å²) < 4.78 is 0. The number of rotatable bonds is 1. The molecule has 1 aliphatic rings. The van der Waals surface area contributed by atoms with Gasteiger partial charge in [0.1, 0.15) is 5.60 Å². The predicted octanol–water partition coefficient (Wildman–Crippen LogP) is 0.653. The van der Waals surface area contributed by atoms with E-state index in [4.69, 9.17) is 0 Å². The van der Waals surface area contributed by atoms with E-state index < -0.39 is 5.60 Å². The maximum atomic E-state index is 10.2. The van der Waals surface area contributed by atoms with E-state index in [9.17, 15) is 5.11 Å². The lowest BCUT2D eigenvalue weighted by Crippen LogP contribution is -2.43. The molecule has 2 rings (SSSR count). The number of nitrogens with zero attached hydrogens (tertiary/aromatic N) is 1. The summed E-state index contributed by atoms with van der Waals surface area (Å²) in [5, 5.41) is 13.4. The van der Waals surface area contributed by atoms with Gasteiger partial charge in [0.15, 0.2) is 0 Å². The van der Waals surface area contributed by atoms with Crippen LogP contribution in [0.3, 0.4) is 0 Å². The molecule has 2 N–H and O–H groups in total. The van der Waals surface area contributed by atoms with Gasteiger partial charge < -0.3 is 10.4 Å². The lowest BCUT2D eigenvalue weighted by Gasteiger charge is -2.31. The van der Waals surface area contributed by atoms with Crippen LogP contribution in [0, 0.1) is 0 Å². The van der Waals surface area contributed by atoms with Crippen LogP contribution in [-0.2, 0) is 5.60 Å². The number of aromatic nitrogens is 1. The van der Waals surface area contributed by atoms with E-state index in [0.29, 0.717) is 6.54 Å². The fraction of sp³-hybridized carbons (Fsp3) is 0.500. The first kappa shape index (κ1) is 8.66. The summed E-state index contributed by atoms with van der Waals surface area (Å²) in [6.07, 6.45) is 3.53. The summed E-state index contributed by atoms with van der Waals surface area (Å²) in [5.74, 6) is 0. The maximum Gasteiger partial charge on any atom is 0.119 e. The molecular formula is C10H14N2O. The zero-order chi connectivity index (χ0) is 9.15. The molecular weight excluding hydrogens is 164 g/mol. The van der Waals surface area contributed by atoms with Crippen LogP contribution in [0.5, 0.6) is 0 Å². The fourth-order valence-electron chi connectivity index (χ4n) is 1.75. The average Bonchev–Trinajstić information content (AvgIpc) is 2.20. The molecule has 1 fully saturated rings. The van der Waals surface area contributed by atoms with Crippen molar-refractivity contribution in [3.63, 3.8) is 0 Å². The Bertz CT molecular complexity index is 268. The van der Waals surface area contributed by atoms with Gasteiger partial charge in [0.2, 0.25) is 0 Å². The van der Waals surface area contributed by atoms with E-state index in [1.165, 1.54) is 0 Å². The fourth-order valence-corrected chi connectivity index (χ4v) is 1.75. The molecule has 1 aromatic heterocycles. The minimum absolute atomic E-state index is 0.615. The molecule has 3 nitrogen and oxygen atoms in total. The number of hydrogen-bond acceptors (Lipinski definition) is 3. The van der Waals surface area contributed by atoms with Crippen LogP contribution in [0.4, 0.5) is 0 Å². The van der Waals surface area contributed by atoms with E-state index >= 15 is 0 Å². The Hall–Kier alpha value is -0.930. The molecule has 70 valence electrons. The van der Waals surface area contributed by atoms with Gasteiger partial charge in [-0.05, 0) is 31.5 Å². The molecule has 1 aliphatic heterocycles. The second kappa shape index (κ2) is 3.44. The molecule has 1 saturated heterocycles. The van der Waals surface area contributed by atoms with Crippen molar-refractivity contribution in [1.29, 1.82) is 0 Å². The van der Waals surface area contributed by atoms with E-state index in [2.05, 4.69) is 10.3 Å². The van der Waals surface area contributed by atoms with Crippen molar-refractivity contribution in [1.82, 2.24) is 10.3 Å². The number of pyridine rings is 1. The van der Waals surface area contributed by atoms with Crippen LogP contribution in [-0.4, -0.2) is 23.2 Å². The van der Waals surface area contributed by atoms with Crippen molar-refractivity contribution in [2.24, 2.45) is 0 Å². The Morgan fingerprint density at radius 1 is 1.46 bits per heavy atom. The van der Waals surface area contributed by atoms with Gasteiger partial charge in [-0.15, -0.1) is 0 Å². The van der Waals surface area contributed by atoms with Gasteiger partial charge in [-0.3, -0.25) is 4.98 Å². The summed E-state index contributed by atoms with van der Waals surface area (Å²) in [6.45, 7) is 1.61. The second-order valence-electron chi connectivity index (χ2n) is 3.53. The molecule has 0 aliphatic carbocycles. The Morgan fingerprint density at radius 2 is 2.38 bits per heavy atom. The number of hydrogen-bond donors (Lipinski definition) is 2. The lowest BCUT2D eigenvalue weighted by molar-refractivity contribution is 0.00824. The standard InChI is InChI=1S/C10H14N2O/c13-10(5-3-6-11-8-10)9-4-1-2-7-12-9/h1-2,4,7,11,13H,3,5-6,8H2/t10-/m1/s1. The molecule has 1 aromatic rings. The van der Waals surface area contributed by atoms with E-state index in [-0.39, 0.29) is 0 Å². The van der Waals surface area contributed by atoms with Crippen molar-refractivity contribution in [2.75, 3.05) is 13.1 Å². The van der Waals surface area contributed by atoms with E-state index in [1.54, 1.807) is 6.20 Å². The first-order valence-corrected chi connectivity index (χ1v) is 4.66. The zero-order valence-electron chi connectivity index (χ0n) is 7.53. The summed E-state index contributed by atoms with van der Waals surface area (Å²) >= 11 is 0. The van der Waals surface area contributed by atoms with Crippen molar-refractivity contribution < 1.29 is 5.11 Å². The third kappa shape index (κ3) is 1.71. The SMILES string of the molecule is O[C@]1(c2ccccn2)CCCNC1. The number of piperidine rings is 1. The van der Waals surface area contributed by atoms with Crippen molar-refractivity contribution in [3.8, 4) is 0 Å². The molecule has 0 saturated carbocycles. The Balaban J connectivity index is 2.23. The summed E-state index contributed by atoms with van der Waals surface area (Å²) in [4.78, 5) is 4.18. The minimum Gasteiger partial charge on any atom is -0.382 e. The van der Waals surface area contributed by atoms with Crippen molar-refractivity contribution in [3.05, 3.63) is 30.1 Å². The Kier molecular flexibility index (Phi) is 2.29. The highest BCUT2D eigenvalue weighted by atomic mass is 16.3. The summed E-state index contributed by atoms with van der Waals surface area (Å²) in [7, 11) is 0. The van der Waals surface area contributed by atoms with E-state index in [0.717, 1.165) is 25.1 Å². The molecule has 0 aromatic carbocycles. The molecule has 0 unspecified atom stereocenters. The molecule has 2 heterocycles. The van der Waals surface area contributed by atoms with Crippen molar-refractivity contribution in [2.45, 2.75) is 18.4 Å². The quantitative estimate of drug-likeness (QED) is 0.663. The van der Waals surface area contributed by atoms with Gasteiger partial charge in [-0.2, -0.15) is 0 Å². The number of β-amino-alcohol motifs (C(OH)–C–C–N with tert-alkyl or cyclic N) is 1. The van der Waals surface area contributed by atoms with Gasteiger partial charge in [0.25, 0.3) is 0 Å². The molecule has 0 spiro atoms. The molecule has 13 heavy (non-hydrogen) atoms. The van der Waals surface area contributed by atoms with Crippen LogP contribution in [0.1, 0.15) is 18.5 Å². The molecule has 0 bridgehead atoms. The maximum absolute atomic E-state index is 10.2. The lowest BCUT2D eigenvalue weighted by atomic mass is 9.90. The zero-order valence-corrected chi connectivity index (χ0v) is 7.53. The van der Waals surface area contributed by atoms with Crippen LogP contribution in [0.15, 0.2) is 24.4 Å². The highest BCUT2D eigenvalue weighted by Crippen LogP contribution is 2.25. The summed E-state index contributed by atoms with van der Waals surface area (Å²) in [5.41, 5.74) is 0.0293. The van der Waals surface area contributed by atoms with Gasteiger partial charge in [0, 0.05) is 12.7 Å². The third-order valence-corrected chi connectivity index (χ3v) is 2.50. The van der Waals surface area contributed by atoms with Crippen LogP contribution in [0.2, 0.25) is 0 Å². The number of aliphatic hydroxyl groups is 1. The van der Waals surface area contributed by atoms with Gasteiger partial charge in [0.05, 0.1) is 5.69 Å². The minimum atomic E-state index is -0.750. The molecule has 0 radical (unpaired) electrons. The summed E-state index contributed by atoms with van der Waals surface area (Å²) in [6, 6.07) is 5.66. The molecule has 1 atom stereocenters. The first-order valence-electron chi connectivity index (χ1n) is 4.66. The first-order chi connectivity index (χ1) is 6.31. The average molecular weight is 178 g/mol.